The number of esters is 2. The van der Waals surface area contributed by atoms with Crippen molar-refractivity contribution in [3.8, 4) is 5.75 Å². The van der Waals surface area contributed by atoms with Gasteiger partial charge in [-0.2, -0.15) is 0 Å². The van der Waals surface area contributed by atoms with Crippen LogP contribution in [0.5, 0.6) is 5.75 Å². The minimum Gasteiger partial charge on any atom is -0.466 e. The third-order valence-electron chi connectivity index (χ3n) is 2.33. The zero-order chi connectivity index (χ0) is 15.0. The smallest absolute Gasteiger partial charge is 0.311 e. The number of rotatable bonds is 7. The zero-order valence-corrected chi connectivity index (χ0v) is 11.0. The van der Waals surface area contributed by atoms with E-state index in [0.717, 1.165) is 0 Å². The van der Waals surface area contributed by atoms with E-state index in [2.05, 4.69) is 0 Å². The topological polar surface area (TPSA) is 95.7 Å². The first-order valence-corrected chi connectivity index (χ1v) is 6.13. The average molecular weight is 281 g/mol. The van der Waals surface area contributed by atoms with Crippen LogP contribution in [-0.2, 0) is 14.3 Å². The number of ether oxygens (including phenoxy) is 2. The van der Waals surface area contributed by atoms with Crippen LogP contribution in [0.4, 0.5) is 5.69 Å². The van der Waals surface area contributed by atoms with Gasteiger partial charge < -0.3 is 9.47 Å². The van der Waals surface area contributed by atoms with E-state index < -0.39 is 10.9 Å². The number of benzene rings is 1. The first-order chi connectivity index (χ1) is 9.52. The molecule has 0 aliphatic heterocycles. The molecule has 0 unspecified atom stereocenters. The molecule has 1 aromatic rings. The van der Waals surface area contributed by atoms with Gasteiger partial charge >= 0.3 is 11.9 Å². The first-order valence-electron chi connectivity index (χ1n) is 6.13. The quantitative estimate of drug-likeness (QED) is 0.329. The lowest BCUT2D eigenvalue weighted by atomic mass is 10.2. The predicted octanol–water partition coefficient (Wildman–Crippen LogP) is 2.23. The Hall–Kier alpha value is -2.44. The summed E-state index contributed by atoms with van der Waals surface area (Å²) in [6, 6.07) is 5.36. The van der Waals surface area contributed by atoms with Crippen LogP contribution in [0.25, 0.3) is 0 Å². The van der Waals surface area contributed by atoms with Gasteiger partial charge in [-0.15, -0.1) is 0 Å². The molecule has 0 radical (unpaired) electrons. The van der Waals surface area contributed by atoms with Crippen molar-refractivity contribution in [1.82, 2.24) is 0 Å². The highest BCUT2D eigenvalue weighted by atomic mass is 16.6. The lowest BCUT2D eigenvalue weighted by molar-refractivity contribution is -0.384. The van der Waals surface area contributed by atoms with Crippen molar-refractivity contribution in [2.45, 2.75) is 26.2 Å². The fourth-order valence-electron chi connectivity index (χ4n) is 1.45. The maximum atomic E-state index is 11.5. The van der Waals surface area contributed by atoms with Gasteiger partial charge in [-0.3, -0.25) is 19.7 Å². The van der Waals surface area contributed by atoms with Crippen LogP contribution in [-0.4, -0.2) is 23.5 Å². The first kappa shape index (κ1) is 15.6. The van der Waals surface area contributed by atoms with E-state index in [1.54, 1.807) is 6.92 Å². The Morgan fingerprint density at radius 1 is 1.25 bits per heavy atom. The summed E-state index contributed by atoms with van der Waals surface area (Å²) in [6.07, 6.45) is 0.492. The Balaban J connectivity index is 2.41. The van der Waals surface area contributed by atoms with E-state index in [1.807, 2.05) is 0 Å². The molecule has 0 bridgehead atoms. The Morgan fingerprint density at radius 2 is 1.95 bits per heavy atom. The fraction of sp³-hybridized carbons (Fsp3) is 0.385. The molecule has 0 amide bonds. The average Bonchev–Trinajstić information content (AvgIpc) is 2.39. The molecule has 0 heterocycles. The van der Waals surface area contributed by atoms with Crippen LogP contribution >= 0.6 is 0 Å². The fourth-order valence-corrected chi connectivity index (χ4v) is 1.45. The van der Waals surface area contributed by atoms with E-state index in [4.69, 9.17) is 9.47 Å². The Bertz CT molecular complexity index is 499. The molecule has 108 valence electrons. The molecule has 0 fully saturated rings. The van der Waals surface area contributed by atoms with Crippen molar-refractivity contribution >= 4 is 17.6 Å². The largest absolute Gasteiger partial charge is 0.466 e. The van der Waals surface area contributed by atoms with Crippen molar-refractivity contribution in [1.29, 1.82) is 0 Å². The van der Waals surface area contributed by atoms with Gasteiger partial charge in [0.1, 0.15) is 5.75 Å². The Morgan fingerprint density at radius 3 is 2.60 bits per heavy atom. The number of carbonyl (C=O) groups is 2. The second kappa shape index (κ2) is 7.88. The summed E-state index contributed by atoms with van der Waals surface area (Å²) in [4.78, 5) is 32.5. The number of nitro groups is 1. The van der Waals surface area contributed by atoms with Crippen molar-refractivity contribution in [3.63, 3.8) is 0 Å². The van der Waals surface area contributed by atoms with E-state index in [9.17, 15) is 19.7 Å². The summed E-state index contributed by atoms with van der Waals surface area (Å²) in [7, 11) is 0. The SMILES string of the molecule is CCOC(=O)CCCC(=O)Oc1cccc([N+](=O)[O-])c1. The van der Waals surface area contributed by atoms with E-state index in [-0.39, 0.29) is 30.2 Å². The number of non-ortho nitro benzene ring substituents is 1. The van der Waals surface area contributed by atoms with Gasteiger partial charge in [-0.1, -0.05) is 6.07 Å². The molecule has 0 spiro atoms. The van der Waals surface area contributed by atoms with Gasteiger partial charge in [0.05, 0.1) is 17.6 Å². The number of nitrogens with zero attached hydrogens (tertiary/aromatic N) is 1. The molecule has 1 rings (SSSR count). The Labute approximate surface area is 115 Å². The monoisotopic (exact) mass is 281 g/mol. The highest BCUT2D eigenvalue weighted by Gasteiger charge is 2.11. The van der Waals surface area contributed by atoms with Gasteiger partial charge in [-0.05, 0) is 19.4 Å². The molecule has 0 N–H and O–H groups in total. The lowest BCUT2D eigenvalue weighted by Gasteiger charge is -2.04. The second-order valence-corrected chi connectivity index (χ2v) is 3.89. The zero-order valence-electron chi connectivity index (χ0n) is 11.0. The van der Waals surface area contributed by atoms with E-state index >= 15 is 0 Å². The van der Waals surface area contributed by atoms with Crippen molar-refractivity contribution in [2.75, 3.05) is 6.61 Å². The van der Waals surface area contributed by atoms with Gasteiger partial charge in [0.25, 0.3) is 5.69 Å². The normalized spacial score (nSPS) is 9.85. The molecule has 1 aromatic carbocycles. The van der Waals surface area contributed by atoms with Gasteiger partial charge in [0, 0.05) is 18.9 Å². The minimum absolute atomic E-state index is 0.0432. The molecule has 0 saturated carbocycles. The van der Waals surface area contributed by atoms with Crippen LogP contribution in [0.15, 0.2) is 24.3 Å². The van der Waals surface area contributed by atoms with Gasteiger partial charge in [0.15, 0.2) is 0 Å². The van der Waals surface area contributed by atoms with E-state index in [0.29, 0.717) is 13.0 Å². The van der Waals surface area contributed by atoms with Gasteiger partial charge in [-0.25, -0.2) is 0 Å². The maximum Gasteiger partial charge on any atom is 0.311 e. The van der Waals surface area contributed by atoms with Crippen molar-refractivity contribution < 1.29 is 24.0 Å². The number of nitro benzene ring substituents is 1. The molecule has 0 aliphatic carbocycles. The number of hydrogen-bond donors (Lipinski definition) is 0. The number of hydrogen-bond acceptors (Lipinski definition) is 6. The highest BCUT2D eigenvalue weighted by molar-refractivity contribution is 5.74. The standard InChI is InChI=1S/C13H15NO6/c1-2-19-12(15)7-4-8-13(16)20-11-6-3-5-10(9-11)14(17)18/h3,5-6,9H,2,4,7-8H2,1H3. The summed E-state index contributed by atoms with van der Waals surface area (Å²) < 4.78 is 9.67. The third-order valence-corrected chi connectivity index (χ3v) is 2.33. The highest BCUT2D eigenvalue weighted by Crippen LogP contribution is 2.19. The minimum atomic E-state index is -0.571. The summed E-state index contributed by atoms with van der Waals surface area (Å²) in [6.45, 7) is 2.01. The number of carbonyl (C=O) groups excluding carboxylic acids is 2. The van der Waals surface area contributed by atoms with E-state index in [1.165, 1.54) is 24.3 Å². The second-order valence-electron chi connectivity index (χ2n) is 3.89. The summed E-state index contributed by atoms with van der Waals surface area (Å²) in [5.74, 6) is -0.800. The molecule has 7 heteroatoms. The lowest BCUT2D eigenvalue weighted by Crippen LogP contribution is -2.10. The molecule has 0 atom stereocenters. The van der Waals surface area contributed by atoms with Crippen LogP contribution in [0.1, 0.15) is 26.2 Å². The molecule has 7 nitrogen and oxygen atoms in total. The van der Waals surface area contributed by atoms with Crippen molar-refractivity contribution in [2.24, 2.45) is 0 Å². The molecular formula is C13H15NO6. The summed E-state index contributed by atoms with van der Waals surface area (Å²) in [5.41, 5.74) is -0.151. The molecular weight excluding hydrogens is 266 g/mol. The summed E-state index contributed by atoms with van der Waals surface area (Å²) >= 11 is 0. The maximum absolute atomic E-state index is 11.5. The molecule has 0 saturated heterocycles. The van der Waals surface area contributed by atoms with Crippen LogP contribution < -0.4 is 4.74 Å². The third kappa shape index (κ3) is 5.47. The van der Waals surface area contributed by atoms with Crippen LogP contribution in [0.2, 0.25) is 0 Å². The van der Waals surface area contributed by atoms with Gasteiger partial charge in [0.2, 0.25) is 0 Å². The molecule has 0 aromatic heterocycles. The Kier molecular flexibility index (Phi) is 6.15. The van der Waals surface area contributed by atoms with Crippen molar-refractivity contribution in [3.05, 3.63) is 34.4 Å². The molecule has 20 heavy (non-hydrogen) atoms. The van der Waals surface area contributed by atoms with Crippen LogP contribution in [0.3, 0.4) is 0 Å². The molecule has 0 aliphatic rings. The van der Waals surface area contributed by atoms with Crippen LogP contribution in [0, 0.1) is 10.1 Å². The predicted molar refractivity (Wildman–Crippen MR) is 69.2 cm³/mol. The summed E-state index contributed by atoms with van der Waals surface area (Å²) in [5, 5.41) is 10.6.